The van der Waals surface area contributed by atoms with E-state index in [0.29, 0.717) is 28.9 Å². The molecule has 4 aliphatic rings. The van der Waals surface area contributed by atoms with E-state index >= 15 is 0 Å². The normalized spacial score (nSPS) is 23.1. The fraction of sp³-hybridized carbons (Fsp3) is 0.424. The average Bonchev–Trinajstić information content (AvgIpc) is 3.59. The van der Waals surface area contributed by atoms with Crippen molar-refractivity contribution in [3.05, 3.63) is 54.2 Å². The number of piperidine rings is 1. The Morgan fingerprint density at radius 2 is 1.85 bits per heavy atom. The summed E-state index contributed by atoms with van der Waals surface area (Å²) in [6.07, 6.45) is 9.52. The van der Waals surface area contributed by atoms with Gasteiger partial charge in [0.2, 0.25) is 5.88 Å². The number of rotatable bonds is 7. The van der Waals surface area contributed by atoms with E-state index in [4.69, 9.17) is 18.9 Å². The van der Waals surface area contributed by atoms with Gasteiger partial charge in [-0.1, -0.05) is 0 Å². The van der Waals surface area contributed by atoms with Crippen LogP contribution in [-0.4, -0.2) is 75.7 Å². The van der Waals surface area contributed by atoms with E-state index in [9.17, 15) is 4.79 Å². The first-order valence-electron chi connectivity index (χ1n) is 15.5. The number of nitrogens with zero attached hydrogens (tertiary/aromatic N) is 6. The number of nitrogens with one attached hydrogen (secondary N) is 2. The Morgan fingerprint density at radius 3 is 2.59 bits per heavy atom. The predicted octanol–water partition coefficient (Wildman–Crippen LogP) is 5.44. The van der Waals surface area contributed by atoms with Gasteiger partial charge in [0, 0.05) is 48.1 Å². The molecule has 2 N–H and O–H groups in total. The van der Waals surface area contributed by atoms with E-state index in [2.05, 4.69) is 30.7 Å². The van der Waals surface area contributed by atoms with Gasteiger partial charge in [0.15, 0.2) is 17.7 Å². The van der Waals surface area contributed by atoms with Gasteiger partial charge in [0.25, 0.3) is 0 Å². The molecule has 46 heavy (non-hydrogen) atoms. The minimum atomic E-state index is -0.529. The Morgan fingerprint density at radius 1 is 1.04 bits per heavy atom. The van der Waals surface area contributed by atoms with E-state index < -0.39 is 5.60 Å². The fourth-order valence-corrected chi connectivity index (χ4v) is 6.42. The molecule has 0 saturated carbocycles. The summed E-state index contributed by atoms with van der Waals surface area (Å²) in [7, 11) is 1.62. The van der Waals surface area contributed by atoms with Crippen molar-refractivity contribution in [1.82, 2.24) is 25.3 Å². The van der Waals surface area contributed by atoms with Crippen LogP contribution in [0.1, 0.15) is 52.0 Å². The lowest BCUT2D eigenvalue weighted by atomic mass is 10.00. The minimum absolute atomic E-state index is 0.0674. The van der Waals surface area contributed by atoms with Gasteiger partial charge in [-0.15, -0.1) is 0 Å². The highest BCUT2D eigenvalue weighted by Gasteiger charge is 2.45. The van der Waals surface area contributed by atoms with Gasteiger partial charge < -0.3 is 29.2 Å². The molecule has 5 heterocycles. The van der Waals surface area contributed by atoms with E-state index in [1.807, 2.05) is 69.0 Å². The second-order valence-electron chi connectivity index (χ2n) is 12.9. The largest absolute Gasteiger partial charge is 0.493 e. The first kappa shape index (κ1) is 29.6. The molecule has 13 nitrogen and oxygen atoms in total. The molecule has 7 rings (SSSR count). The summed E-state index contributed by atoms with van der Waals surface area (Å²) in [6.45, 7) is 7.67. The molecular weight excluding hydrogens is 588 g/mol. The number of hydrogen-bond acceptors (Lipinski definition) is 12. The highest BCUT2D eigenvalue weighted by atomic mass is 16.6. The molecule has 2 bridgehead atoms. The first-order valence-corrected chi connectivity index (χ1v) is 15.5. The van der Waals surface area contributed by atoms with Crippen molar-refractivity contribution in [1.29, 1.82) is 0 Å². The van der Waals surface area contributed by atoms with Gasteiger partial charge in [0.05, 0.1) is 12.6 Å². The number of ether oxygens (including phenoxy) is 4. The van der Waals surface area contributed by atoms with Crippen LogP contribution in [0, 0.1) is 6.92 Å². The molecular formula is C33H38N8O5. The number of hydrazine groups is 1. The number of hydrogen-bond donors (Lipinski definition) is 2. The van der Waals surface area contributed by atoms with Crippen LogP contribution in [0.5, 0.6) is 17.2 Å². The van der Waals surface area contributed by atoms with E-state index in [1.54, 1.807) is 24.8 Å². The number of methoxy groups -OCH3 is 1. The molecule has 4 atom stereocenters. The Balaban J connectivity index is 1.08. The lowest BCUT2D eigenvalue weighted by Gasteiger charge is -2.39. The van der Waals surface area contributed by atoms with Crippen LogP contribution in [-0.2, 0) is 4.74 Å². The quantitative estimate of drug-likeness (QED) is 0.349. The van der Waals surface area contributed by atoms with Gasteiger partial charge >= 0.3 is 6.09 Å². The van der Waals surface area contributed by atoms with E-state index in [0.717, 1.165) is 47.8 Å². The van der Waals surface area contributed by atoms with Crippen LogP contribution in [0.2, 0.25) is 0 Å². The van der Waals surface area contributed by atoms with Crippen molar-refractivity contribution >= 4 is 41.2 Å². The number of aliphatic imine (C=N–C) groups is 2. The number of anilines is 2. The Bertz CT molecular complexity index is 1740. The lowest BCUT2D eigenvalue weighted by Crippen LogP contribution is -2.50. The maximum atomic E-state index is 12.9. The fourth-order valence-electron chi connectivity index (χ4n) is 6.42. The molecule has 3 aromatic rings. The zero-order chi connectivity index (χ0) is 32.0. The second kappa shape index (κ2) is 11.7. The van der Waals surface area contributed by atoms with Crippen LogP contribution in [0.3, 0.4) is 0 Å². The molecule has 4 aliphatic heterocycles. The maximum absolute atomic E-state index is 12.9. The average molecular weight is 627 g/mol. The molecule has 1 aromatic heterocycles. The van der Waals surface area contributed by atoms with Gasteiger partial charge in [0.1, 0.15) is 42.3 Å². The van der Waals surface area contributed by atoms with Crippen molar-refractivity contribution in [3.8, 4) is 17.2 Å². The Hall–Kier alpha value is -5.07. The van der Waals surface area contributed by atoms with Crippen LogP contribution in [0.15, 0.2) is 58.6 Å². The first-order chi connectivity index (χ1) is 22.1. The monoisotopic (exact) mass is 626 g/mol. The summed E-state index contributed by atoms with van der Waals surface area (Å²) in [4.78, 5) is 32.6. The number of amides is 1. The third kappa shape index (κ3) is 5.96. The molecule has 2 unspecified atom stereocenters. The summed E-state index contributed by atoms with van der Waals surface area (Å²) in [5, 5.41) is 6.01. The SMILES string of the molecule is COc1cc2ncnc(Nc3ccc(OC4=CC5N=CNN5C=N4)c(C)c3)c2cc1OC1C[C@H]2CC[C@@H](C1)N2C(=O)OC(C)(C)C. The predicted molar refractivity (Wildman–Crippen MR) is 174 cm³/mol. The highest BCUT2D eigenvalue weighted by molar-refractivity contribution is 5.93. The van der Waals surface area contributed by atoms with E-state index in [1.165, 1.54) is 6.33 Å². The van der Waals surface area contributed by atoms with Gasteiger partial charge in [-0.3, -0.25) is 5.43 Å². The third-order valence-electron chi connectivity index (χ3n) is 8.48. The summed E-state index contributed by atoms with van der Waals surface area (Å²) >= 11 is 0. The van der Waals surface area contributed by atoms with Gasteiger partial charge in [-0.25, -0.2) is 29.8 Å². The molecule has 1 amide bonds. The zero-order valence-electron chi connectivity index (χ0n) is 26.6. The molecule has 0 radical (unpaired) electrons. The number of fused-ring (bicyclic) bond motifs is 4. The maximum Gasteiger partial charge on any atom is 0.410 e. The number of aromatic nitrogens is 2. The molecule has 2 saturated heterocycles. The van der Waals surface area contributed by atoms with Crippen LogP contribution in [0.4, 0.5) is 16.3 Å². The van der Waals surface area contributed by atoms with Gasteiger partial charge in [-0.05, 0) is 70.4 Å². The number of aryl methyl sites for hydroxylation is 1. The number of carbonyl (C=O) groups excluding carboxylic acids is 1. The minimum Gasteiger partial charge on any atom is -0.493 e. The molecule has 13 heteroatoms. The third-order valence-corrected chi connectivity index (χ3v) is 8.48. The Kier molecular flexibility index (Phi) is 7.53. The van der Waals surface area contributed by atoms with Crippen molar-refractivity contribution in [2.75, 3.05) is 12.4 Å². The summed E-state index contributed by atoms with van der Waals surface area (Å²) in [6, 6.07) is 9.80. The topological polar surface area (TPSA) is 135 Å². The molecule has 240 valence electrons. The zero-order valence-corrected chi connectivity index (χ0v) is 26.6. The number of benzene rings is 2. The van der Waals surface area contributed by atoms with Crippen molar-refractivity contribution in [3.63, 3.8) is 0 Å². The molecule has 2 aromatic carbocycles. The van der Waals surface area contributed by atoms with Crippen molar-refractivity contribution in [2.24, 2.45) is 9.98 Å². The Labute approximate surface area is 267 Å². The summed E-state index contributed by atoms with van der Waals surface area (Å²) in [5.74, 6) is 3.02. The van der Waals surface area contributed by atoms with E-state index in [-0.39, 0.29) is 30.4 Å². The standard InChI is InChI=1S/C33H38N8O5/c1-19-10-20(6-9-26(19)45-30-15-29-35-17-38-40(29)18-37-30)39-31-24-13-28(27(43-5)14-25(24)34-16-36-31)44-23-11-21-7-8-22(12-23)41(21)32(42)46-33(2,3)4/h6,9-10,13-18,21-23,29H,7-8,11-12H2,1-5H3,(H,35,38)(H,34,36,39)/t21-,22+,23?,29?. The molecule has 0 spiro atoms. The lowest BCUT2D eigenvalue weighted by molar-refractivity contribution is -0.00735. The smallest absolute Gasteiger partial charge is 0.410 e. The highest BCUT2D eigenvalue weighted by Crippen LogP contribution is 2.41. The second-order valence-corrected chi connectivity index (χ2v) is 12.9. The van der Waals surface area contributed by atoms with Crippen molar-refractivity contribution in [2.45, 2.75) is 83.3 Å². The molecule has 0 aliphatic carbocycles. The van der Waals surface area contributed by atoms with Gasteiger partial charge in [-0.2, -0.15) is 0 Å². The summed E-state index contributed by atoms with van der Waals surface area (Å²) < 4.78 is 24.1. The van der Waals surface area contributed by atoms with Crippen molar-refractivity contribution < 1.29 is 23.7 Å². The van der Waals surface area contributed by atoms with Crippen LogP contribution >= 0.6 is 0 Å². The molecule has 2 fully saturated rings. The number of carbonyl (C=O) groups is 1. The summed E-state index contributed by atoms with van der Waals surface area (Å²) in [5.41, 5.74) is 4.94. The van der Waals surface area contributed by atoms with Crippen LogP contribution in [0.25, 0.3) is 10.9 Å². The van der Waals surface area contributed by atoms with Crippen LogP contribution < -0.4 is 25.0 Å².